The van der Waals surface area contributed by atoms with Gasteiger partial charge in [0.25, 0.3) is 0 Å². The van der Waals surface area contributed by atoms with Crippen LogP contribution in [0.25, 0.3) is 0 Å². The Kier molecular flexibility index (Phi) is 5.93. The van der Waals surface area contributed by atoms with E-state index in [4.69, 9.17) is 4.74 Å². The molecule has 0 fully saturated rings. The summed E-state index contributed by atoms with van der Waals surface area (Å²) in [5.41, 5.74) is 2.62. The molecule has 0 heterocycles. The zero-order chi connectivity index (χ0) is 18.1. The van der Waals surface area contributed by atoms with Gasteiger partial charge in [-0.05, 0) is 28.0 Å². The molecule has 23 heavy (non-hydrogen) atoms. The van der Waals surface area contributed by atoms with Gasteiger partial charge in [0.15, 0.2) is 0 Å². The molecule has 3 heteroatoms. The molecule has 1 rings (SSSR count). The maximum Gasteiger partial charge on any atom is 0.137 e. The van der Waals surface area contributed by atoms with Crippen LogP contribution in [0.3, 0.4) is 0 Å². The number of quaternary nitrogens is 1. The second kappa shape index (κ2) is 6.82. The van der Waals surface area contributed by atoms with Crippen molar-refractivity contribution < 1.29 is 14.3 Å². The van der Waals surface area contributed by atoms with Crippen LogP contribution in [0.2, 0.25) is 0 Å². The summed E-state index contributed by atoms with van der Waals surface area (Å²) in [6.07, 6.45) is -0.467. The van der Waals surface area contributed by atoms with E-state index in [0.717, 1.165) is 10.2 Å². The minimum atomic E-state index is -0.467. The van der Waals surface area contributed by atoms with Crippen molar-refractivity contribution in [3.63, 3.8) is 0 Å². The van der Waals surface area contributed by atoms with E-state index >= 15 is 0 Å². The number of rotatable bonds is 5. The maximum absolute atomic E-state index is 10.2. The molecule has 1 aromatic rings. The smallest absolute Gasteiger partial charge is 0.137 e. The maximum atomic E-state index is 10.2. The van der Waals surface area contributed by atoms with Crippen molar-refractivity contribution in [2.24, 2.45) is 0 Å². The summed E-state index contributed by atoms with van der Waals surface area (Å²) in [7, 11) is 6.21. The Morgan fingerprint density at radius 2 is 1.57 bits per heavy atom. The first-order chi connectivity index (χ1) is 10.2. The number of aliphatic hydroxyl groups excluding tert-OH is 1. The number of likely N-dealkylation sites (N-methyl/N-ethyl adjacent to an activating group) is 1. The lowest BCUT2D eigenvalue weighted by Gasteiger charge is -2.29. The van der Waals surface area contributed by atoms with E-state index in [1.54, 1.807) is 0 Å². The SMILES string of the molecule is CC(C)(C)c1ccc(OC[C@@H](O)C[N+](C)(C)C)c(C(C)(C)C)c1. The number of hydrogen-bond donors (Lipinski definition) is 1. The molecule has 0 bridgehead atoms. The van der Waals surface area contributed by atoms with Crippen molar-refractivity contribution >= 4 is 0 Å². The van der Waals surface area contributed by atoms with Gasteiger partial charge in [-0.15, -0.1) is 0 Å². The average molecular weight is 323 g/mol. The monoisotopic (exact) mass is 322 g/mol. The standard InChI is InChI=1S/C20H36NO2/c1-19(2,3)15-10-11-18(17(12-15)20(4,5)6)23-14-16(22)13-21(7,8)9/h10-12,16,22H,13-14H2,1-9H3/q+1/t16-/m0/s1. The molecule has 0 radical (unpaired) electrons. The van der Waals surface area contributed by atoms with Crippen LogP contribution in [-0.4, -0.2) is 50.0 Å². The predicted octanol–water partition coefficient (Wildman–Crippen LogP) is 3.73. The van der Waals surface area contributed by atoms with Gasteiger partial charge >= 0.3 is 0 Å². The van der Waals surface area contributed by atoms with Gasteiger partial charge in [-0.25, -0.2) is 0 Å². The third kappa shape index (κ3) is 6.52. The third-order valence-corrected chi connectivity index (χ3v) is 3.84. The molecule has 0 amide bonds. The van der Waals surface area contributed by atoms with E-state index in [2.05, 4.69) is 80.9 Å². The molecule has 1 aromatic carbocycles. The summed E-state index contributed by atoms with van der Waals surface area (Å²) in [4.78, 5) is 0. The molecule has 0 unspecified atom stereocenters. The van der Waals surface area contributed by atoms with Crippen LogP contribution in [0.5, 0.6) is 5.75 Å². The van der Waals surface area contributed by atoms with E-state index in [-0.39, 0.29) is 10.8 Å². The van der Waals surface area contributed by atoms with Crippen LogP contribution in [-0.2, 0) is 10.8 Å². The van der Waals surface area contributed by atoms with Crippen LogP contribution in [0.4, 0.5) is 0 Å². The highest BCUT2D eigenvalue weighted by Gasteiger charge is 2.24. The van der Waals surface area contributed by atoms with Crippen molar-refractivity contribution in [1.29, 1.82) is 0 Å². The van der Waals surface area contributed by atoms with E-state index in [1.165, 1.54) is 11.1 Å². The molecule has 0 saturated heterocycles. The Hall–Kier alpha value is -1.06. The summed E-state index contributed by atoms with van der Waals surface area (Å²) in [6.45, 7) is 14.3. The molecule has 0 spiro atoms. The van der Waals surface area contributed by atoms with Crippen molar-refractivity contribution in [2.75, 3.05) is 34.3 Å². The first kappa shape index (κ1) is 20.0. The largest absolute Gasteiger partial charge is 0.490 e. The number of ether oxygens (including phenoxy) is 1. The lowest BCUT2D eigenvalue weighted by atomic mass is 9.80. The average Bonchev–Trinajstić information content (AvgIpc) is 2.31. The fraction of sp³-hybridized carbons (Fsp3) is 0.700. The van der Waals surface area contributed by atoms with Gasteiger partial charge in [-0.2, -0.15) is 0 Å². The zero-order valence-corrected chi connectivity index (χ0v) is 16.5. The summed E-state index contributed by atoms with van der Waals surface area (Å²) < 4.78 is 6.70. The highest BCUT2D eigenvalue weighted by atomic mass is 16.5. The Bertz CT molecular complexity index is 516. The van der Waals surface area contributed by atoms with E-state index in [1.807, 2.05) is 0 Å². The molecule has 1 N–H and O–H groups in total. The van der Waals surface area contributed by atoms with Crippen molar-refractivity contribution in [2.45, 2.75) is 58.5 Å². The number of benzene rings is 1. The van der Waals surface area contributed by atoms with Crippen molar-refractivity contribution in [3.8, 4) is 5.75 Å². The Labute approximate surface area is 142 Å². The highest BCUT2D eigenvalue weighted by Crippen LogP contribution is 2.35. The molecule has 3 nitrogen and oxygen atoms in total. The molecule has 0 aliphatic rings. The Morgan fingerprint density at radius 3 is 2.00 bits per heavy atom. The summed E-state index contributed by atoms with van der Waals surface area (Å²) in [5, 5.41) is 10.2. The normalized spacial score (nSPS) is 14.7. The molecule has 0 aliphatic carbocycles. The van der Waals surface area contributed by atoms with Crippen LogP contribution in [0.1, 0.15) is 52.7 Å². The molecule has 0 saturated carbocycles. The van der Waals surface area contributed by atoms with Gasteiger partial charge < -0.3 is 14.3 Å². The highest BCUT2D eigenvalue weighted by molar-refractivity contribution is 5.43. The topological polar surface area (TPSA) is 29.5 Å². The van der Waals surface area contributed by atoms with Crippen LogP contribution in [0, 0.1) is 0 Å². The van der Waals surface area contributed by atoms with E-state index in [0.29, 0.717) is 13.2 Å². The van der Waals surface area contributed by atoms with Gasteiger partial charge in [0.05, 0.1) is 21.1 Å². The van der Waals surface area contributed by atoms with Gasteiger partial charge in [-0.3, -0.25) is 0 Å². The number of aliphatic hydroxyl groups is 1. The van der Waals surface area contributed by atoms with E-state index in [9.17, 15) is 5.11 Å². The lowest BCUT2D eigenvalue weighted by molar-refractivity contribution is -0.873. The summed E-state index contributed by atoms with van der Waals surface area (Å²) in [6, 6.07) is 6.44. The van der Waals surface area contributed by atoms with Gasteiger partial charge in [0, 0.05) is 0 Å². The Balaban J connectivity index is 2.98. The van der Waals surface area contributed by atoms with E-state index < -0.39 is 6.10 Å². The van der Waals surface area contributed by atoms with Crippen LogP contribution in [0.15, 0.2) is 18.2 Å². The minimum absolute atomic E-state index is 0.00162. The molecule has 132 valence electrons. The summed E-state index contributed by atoms with van der Waals surface area (Å²) >= 11 is 0. The predicted molar refractivity (Wildman–Crippen MR) is 98.2 cm³/mol. The summed E-state index contributed by atoms with van der Waals surface area (Å²) in [5.74, 6) is 0.881. The second-order valence-electron chi connectivity index (χ2n) is 9.65. The zero-order valence-electron chi connectivity index (χ0n) is 16.5. The minimum Gasteiger partial charge on any atom is -0.490 e. The van der Waals surface area contributed by atoms with Crippen molar-refractivity contribution in [1.82, 2.24) is 0 Å². The third-order valence-electron chi connectivity index (χ3n) is 3.84. The first-order valence-corrected chi connectivity index (χ1v) is 8.46. The van der Waals surface area contributed by atoms with Gasteiger partial charge in [-0.1, -0.05) is 53.7 Å². The quantitative estimate of drug-likeness (QED) is 0.837. The molecule has 1 atom stereocenters. The van der Waals surface area contributed by atoms with Gasteiger partial charge in [0.2, 0.25) is 0 Å². The lowest BCUT2D eigenvalue weighted by Crippen LogP contribution is -2.43. The van der Waals surface area contributed by atoms with Gasteiger partial charge in [0.1, 0.15) is 25.0 Å². The molecular weight excluding hydrogens is 286 g/mol. The van der Waals surface area contributed by atoms with Crippen LogP contribution < -0.4 is 4.74 Å². The Morgan fingerprint density at radius 1 is 1.00 bits per heavy atom. The second-order valence-corrected chi connectivity index (χ2v) is 9.65. The first-order valence-electron chi connectivity index (χ1n) is 8.46. The fourth-order valence-electron chi connectivity index (χ4n) is 2.58. The van der Waals surface area contributed by atoms with Crippen molar-refractivity contribution in [3.05, 3.63) is 29.3 Å². The van der Waals surface area contributed by atoms with Crippen LogP contribution >= 0.6 is 0 Å². The molecular formula is C20H36NO2+. The number of nitrogens with zero attached hydrogens (tertiary/aromatic N) is 1. The molecule has 0 aliphatic heterocycles. The molecule has 0 aromatic heterocycles. The number of hydrogen-bond acceptors (Lipinski definition) is 2. The fourth-order valence-corrected chi connectivity index (χ4v) is 2.58.